The number of fused-ring (bicyclic) bond motifs is 4. The van der Waals surface area contributed by atoms with Gasteiger partial charge in [-0.1, -0.05) is 115 Å². The van der Waals surface area contributed by atoms with Crippen LogP contribution in [0.3, 0.4) is 0 Å². The highest BCUT2D eigenvalue weighted by atomic mass is 14.8. The van der Waals surface area contributed by atoms with E-state index in [1.807, 2.05) is 36.7 Å². The van der Waals surface area contributed by atoms with Crippen LogP contribution in [0, 0.1) is 0 Å². The monoisotopic (exact) mass is 681 g/mol. The van der Waals surface area contributed by atoms with Crippen LogP contribution in [-0.4, -0.2) is 0 Å². The van der Waals surface area contributed by atoms with Gasteiger partial charge in [-0.3, -0.25) is 0 Å². The zero-order chi connectivity index (χ0) is 36.2. The molecule has 0 heterocycles. The molecule has 0 radical (unpaired) electrons. The number of hydrogen-bond donors (Lipinski definition) is 1. The lowest BCUT2D eigenvalue weighted by Gasteiger charge is -2.36. The molecule has 5 aliphatic rings. The summed E-state index contributed by atoms with van der Waals surface area (Å²) in [5.74, 6) is 0. The molecule has 8 rings (SSSR count). The summed E-state index contributed by atoms with van der Waals surface area (Å²) >= 11 is 0. The molecular weight excluding hydrogens is 639 g/mol. The fraction of sp³-hybridized carbons (Fsp3) is 0.135. The molecule has 53 heavy (non-hydrogen) atoms. The Morgan fingerprint density at radius 2 is 1.53 bits per heavy atom. The maximum Gasteiger partial charge on any atom is 0.0784 e. The van der Waals surface area contributed by atoms with Gasteiger partial charge in [-0.2, -0.15) is 0 Å². The van der Waals surface area contributed by atoms with E-state index >= 15 is 0 Å². The Labute approximate surface area is 314 Å². The second kappa shape index (κ2) is 14.7. The molecule has 0 saturated carbocycles. The highest BCUT2D eigenvalue weighted by Gasteiger charge is 2.50. The second-order valence-electron chi connectivity index (χ2n) is 13.9. The first-order valence-electron chi connectivity index (χ1n) is 18.7. The number of allylic oxidation sites excluding steroid dienone is 18. The predicted octanol–water partition coefficient (Wildman–Crippen LogP) is 12.9. The van der Waals surface area contributed by atoms with Gasteiger partial charge in [-0.15, -0.1) is 17.2 Å². The number of rotatable bonds is 12. The summed E-state index contributed by atoms with van der Waals surface area (Å²) in [6, 6.07) is 22.9. The largest absolute Gasteiger partial charge is 0.368 e. The van der Waals surface area contributed by atoms with E-state index in [2.05, 4.69) is 158 Å². The first-order valence-corrected chi connectivity index (χ1v) is 18.7. The highest BCUT2D eigenvalue weighted by Crippen LogP contribution is 2.60. The minimum absolute atomic E-state index is 0.344. The number of hydrogen-bond acceptors (Lipinski definition) is 1. The summed E-state index contributed by atoms with van der Waals surface area (Å²) in [7, 11) is 0. The van der Waals surface area contributed by atoms with Crippen LogP contribution in [0.4, 0.5) is 0 Å². The molecular formula is C52H43N. The topological polar surface area (TPSA) is 12.0 Å². The molecule has 0 amide bonds. The van der Waals surface area contributed by atoms with Crippen LogP contribution in [0.5, 0.6) is 0 Å². The van der Waals surface area contributed by atoms with Crippen LogP contribution in [0.25, 0.3) is 27.8 Å². The van der Waals surface area contributed by atoms with Crippen LogP contribution in [0.15, 0.2) is 204 Å². The van der Waals surface area contributed by atoms with Crippen molar-refractivity contribution in [2.24, 2.45) is 0 Å². The fourth-order valence-electron chi connectivity index (χ4n) is 8.32. The summed E-state index contributed by atoms with van der Waals surface area (Å²) < 4.78 is 0. The van der Waals surface area contributed by atoms with Crippen molar-refractivity contribution in [1.29, 1.82) is 0 Å². The normalized spacial score (nSPS) is 19.8. The Morgan fingerprint density at radius 3 is 2.25 bits per heavy atom. The molecule has 0 fully saturated rings. The van der Waals surface area contributed by atoms with Gasteiger partial charge in [-0.25, -0.2) is 0 Å². The maximum atomic E-state index is 3.96. The Kier molecular flexibility index (Phi) is 9.40. The van der Waals surface area contributed by atoms with Gasteiger partial charge in [0.05, 0.1) is 5.41 Å². The van der Waals surface area contributed by atoms with Gasteiger partial charge >= 0.3 is 0 Å². The van der Waals surface area contributed by atoms with Gasteiger partial charge in [-0.05, 0) is 142 Å². The van der Waals surface area contributed by atoms with Crippen LogP contribution in [-0.2, 0) is 5.41 Å². The minimum Gasteiger partial charge on any atom is -0.368 e. The summed E-state index contributed by atoms with van der Waals surface area (Å²) in [6.45, 7) is 8.03. The average Bonchev–Trinajstić information content (AvgIpc) is 3.97. The van der Waals surface area contributed by atoms with Crippen molar-refractivity contribution < 1.29 is 0 Å². The smallest absolute Gasteiger partial charge is 0.0784 e. The van der Waals surface area contributed by atoms with Crippen LogP contribution in [0.2, 0.25) is 0 Å². The van der Waals surface area contributed by atoms with Gasteiger partial charge < -0.3 is 5.32 Å². The lowest BCUT2D eigenvalue weighted by atomic mass is 9.64. The standard InChI is InChI=1S/C52H43N/c1-4-6-7-15-32-53-33-16-14-20-38(5-2)30-31-39-34-47(44-26-11-10-25-43(44)42-28-17-19-37(42)3)48-35-49-45-27-12-13-29-50(45)52(41-23-18-24-41,40-21-8-9-22-40)51(49)36-46(39)48/h4-8,10-18,20,25-33,35-36,53H,1,9,19,22-23H2,2-3H3/b7-6-,20-14-,31-30-,32-15+,33-16-,38-5-. The first kappa shape index (κ1) is 33.8. The van der Waals surface area contributed by atoms with E-state index in [0.29, 0.717) is 0 Å². The van der Waals surface area contributed by atoms with Gasteiger partial charge in [0, 0.05) is 30.0 Å². The summed E-state index contributed by atoms with van der Waals surface area (Å²) in [5.41, 5.74) is 30.1. The summed E-state index contributed by atoms with van der Waals surface area (Å²) in [6.07, 6.45) is 37.1. The molecule has 0 aliphatic heterocycles. The molecule has 1 N–H and O–H groups in total. The molecule has 3 aromatic carbocycles. The molecule has 0 aromatic heterocycles. The molecule has 3 aromatic rings. The van der Waals surface area contributed by atoms with Crippen molar-refractivity contribution >= 4 is 16.7 Å². The molecule has 5 aliphatic carbocycles. The van der Waals surface area contributed by atoms with Crippen molar-refractivity contribution in [1.82, 2.24) is 5.32 Å². The zero-order valence-electron chi connectivity index (χ0n) is 30.5. The summed E-state index contributed by atoms with van der Waals surface area (Å²) in [4.78, 5) is 0. The summed E-state index contributed by atoms with van der Waals surface area (Å²) in [5, 5.41) is 3.17. The Balaban J connectivity index is 1.26. The molecule has 1 unspecified atom stereocenters. The van der Waals surface area contributed by atoms with E-state index in [1.165, 1.54) is 66.8 Å². The number of benzene rings is 3. The van der Waals surface area contributed by atoms with E-state index in [1.54, 1.807) is 6.08 Å². The van der Waals surface area contributed by atoms with Crippen LogP contribution >= 0.6 is 0 Å². The lowest BCUT2D eigenvalue weighted by molar-refractivity contribution is 0.670. The third-order valence-corrected chi connectivity index (χ3v) is 10.9. The first-order chi connectivity index (χ1) is 26.1. The van der Waals surface area contributed by atoms with E-state index in [-0.39, 0.29) is 5.41 Å². The van der Waals surface area contributed by atoms with Gasteiger partial charge in [0.25, 0.3) is 0 Å². The molecule has 1 nitrogen and oxygen atoms in total. The van der Waals surface area contributed by atoms with Crippen molar-refractivity contribution in [3.05, 3.63) is 238 Å². The Morgan fingerprint density at radius 1 is 0.755 bits per heavy atom. The number of nitrogens with one attached hydrogen (secondary N) is 1. The average molecular weight is 682 g/mol. The molecule has 0 spiro atoms. The highest BCUT2D eigenvalue weighted by molar-refractivity contribution is 6.03. The predicted molar refractivity (Wildman–Crippen MR) is 225 cm³/mol. The van der Waals surface area contributed by atoms with Crippen LogP contribution in [0.1, 0.15) is 72.9 Å². The van der Waals surface area contributed by atoms with E-state index in [4.69, 9.17) is 0 Å². The van der Waals surface area contributed by atoms with Crippen molar-refractivity contribution in [2.45, 2.75) is 44.9 Å². The third kappa shape index (κ3) is 5.98. The van der Waals surface area contributed by atoms with Crippen molar-refractivity contribution in [2.75, 3.05) is 0 Å². The van der Waals surface area contributed by atoms with Crippen molar-refractivity contribution in [3.63, 3.8) is 0 Å². The lowest BCUT2D eigenvalue weighted by Crippen LogP contribution is -2.31. The third-order valence-electron chi connectivity index (χ3n) is 10.9. The molecule has 1 atom stereocenters. The maximum absolute atomic E-state index is 3.96. The quantitative estimate of drug-likeness (QED) is 0.148. The van der Waals surface area contributed by atoms with E-state index < -0.39 is 0 Å². The van der Waals surface area contributed by atoms with Crippen LogP contribution < -0.4 is 5.32 Å². The van der Waals surface area contributed by atoms with Gasteiger partial charge in [0.1, 0.15) is 0 Å². The molecule has 256 valence electrons. The SMILES string of the molecule is C=C/C=C\C=C\N\C=C/C=C\C(\C=C/C1=C=C(c2ccccc2C2=C(C)CC=C2)c2cc3c(cc21)C(C1=C=CC1)(C1=C=CCC1)c1ccccc1-3)=C\C. The van der Waals surface area contributed by atoms with Gasteiger partial charge in [0.15, 0.2) is 0 Å². The van der Waals surface area contributed by atoms with E-state index in [9.17, 15) is 0 Å². The molecule has 0 bridgehead atoms. The van der Waals surface area contributed by atoms with Crippen molar-refractivity contribution in [3.8, 4) is 11.1 Å². The minimum atomic E-state index is -0.344. The fourth-order valence-corrected chi connectivity index (χ4v) is 8.32. The second-order valence-corrected chi connectivity index (χ2v) is 13.9. The Hall–Kier alpha value is -6.32. The van der Waals surface area contributed by atoms with Gasteiger partial charge in [0.2, 0.25) is 0 Å². The van der Waals surface area contributed by atoms with E-state index in [0.717, 1.165) is 42.4 Å². The molecule has 0 saturated heterocycles. The Bertz CT molecular complexity index is 2500. The zero-order valence-corrected chi connectivity index (χ0v) is 30.5. The molecule has 1 heteroatoms.